The molecule has 1 saturated heterocycles. The third-order valence-corrected chi connectivity index (χ3v) is 5.46. The van der Waals surface area contributed by atoms with Gasteiger partial charge in [-0.15, -0.1) is 0 Å². The van der Waals surface area contributed by atoms with Gasteiger partial charge in [-0.1, -0.05) is 13.8 Å². The van der Waals surface area contributed by atoms with Crippen molar-refractivity contribution in [2.24, 2.45) is 11.8 Å². The first-order valence-corrected chi connectivity index (χ1v) is 9.86. The highest BCUT2D eigenvalue weighted by Gasteiger charge is 2.24. The number of benzene rings is 1. The number of nitrogens with zero attached hydrogens (tertiary/aromatic N) is 1. The standard InChI is InChI=1S/C19H29IN2O3/c1-12-6-13(2)10-22(9-12)11-14(3)21-19(23)15-7-17(24-4)18(25-5)8-16(15)20/h7-8,12-14H,6,9-11H2,1-5H3,(H,21,23). The zero-order valence-electron chi connectivity index (χ0n) is 15.8. The number of hydrogen-bond donors (Lipinski definition) is 1. The summed E-state index contributed by atoms with van der Waals surface area (Å²) in [6, 6.07) is 3.66. The average molecular weight is 460 g/mol. The van der Waals surface area contributed by atoms with Crippen molar-refractivity contribution >= 4 is 28.5 Å². The molecule has 0 spiro atoms. The Kier molecular flexibility index (Phi) is 7.37. The number of carbonyl (C=O) groups excluding carboxylic acids is 1. The Balaban J connectivity index is 2.01. The molecular formula is C19H29IN2O3. The number of ether oxygens (including phenoxy) is 2. The molecule has 0 aliphatic carbocycles. The molecule has 1 heterocycles. The third-order valence-electron chi connectivity index (χ3n) is 4.57. The molecule has 1 amide bonds. The Bertz CT molecular complexity index is 599. The number of piperidine rings is 1. The number of carbonyl (C=O) groups is 1. The Morgan fingerprint density at radius 3 is 2.36 bits per heavy atom. The summed E-state index contributed by atoms with van der Waals surface area (Å²) in [5.74, 6) is 2.57. The first-order chi connectivity index (χ1) is 11.8. The molecule has 3 atom stereocenters. The van der Waals surface area contributed by atoms with E-state index < -0.39 is 0 Å². The highest BCUT2D eigenvalue weighted by Crippen LogP contribution is 2.31. The lowest BCUT2D eigenvalue weighted by atomic mass is 9.92. The van der Waals surface area contributed by atoms with Crippen molar-refractivity contribution in [2.45, 2.75) is 33.2 Å². The number of rotatable bonds is 6. The van der Waals surface area contributed by atoms with E-state index in [4.69, 9.17) is 9.47 Å². The monoisotopic (exact) mass is 460 g/mol. The Labute approximate surface area is 164 Å². The maximum absolute atomic E-state index is 12.7. The van der Waals surface area contributed by atoms with Gasteiger partial charge in [-0.05, 0) is 59.9 Å². The van der Waals surface area contributed by atoms with Gasteiger partial charge in [-0.3, -0.25) is 4.79 Å². The van der Waals surface area contributed by atoms with E-state index in [2.05, 4.69) is 53.6 Å². The number of methoxy groups -OCH3 is 2. The minimum absolute atomic E-state index is 0.0732. The maximum Gasteiger partial charge on any atom is 0.252 e. The zero-order chi connectivity index (χ0) is 18.6. The summed E-state index contributed by atoms with van der Waals surface area (Å²) in [4.78, 5) is 15.1. The Hall–Kier alpha value is -1.02. The van der Waals surface area contributed by atoms with Crippen LogP contribution in [0.1, 0.15) is 37.6 Å². The van der Waals surface area contributed by atoms with Crippen molar-refractivity contribution in [2.75, 3.05) is 33.9 Å². The molecule has 1 aliphatic heterocycles. The molecule has 1 aromatic carbocycles. The molecule has 1 fully saturated rings. The Morgan fingerprint density at radius 1 is 1.24 bits per heavy atom. The van der Waals surface area contributed by atoms with Crippen molar-refractivity contribution in [1.29, 1.82) is 0 Å². The van der Waals surface area contributed by atoms with Crippen LogP contribution in [0.2, 0.25) is 0 Å². The maximum atomic E-state index is 12.7. The number of halogens is 1. The molecule has 6 heteroatoms. The van der Waals surface area contributed by atoms with Crippen molar-refractivity contribution in [3.05, 3.63) is 21.3 Å². The first-order valence-electron chi connectivity index (χ1n) is 8.78. The molecule has 25 heavy (non-hydrogen) atoms. The van der Waals surface area contributed by atoms with Crippen molar-refractivity contribution < 1.29 is 14.3 Å². The van der Waals surface area contributed by atoms with Crippen LogP contribution in [0.3, 0.4) is 0 Å². The molecule has 5 nitrogen and oxygen atoms in total. The normalized spacial score (nSPS) is 22.3. The molecule has 2 rings (SSSR count). The minimum Gasteiger partial charge on any atom is -0.493 e. The van der Waals surface area contributed by atoms with E-state index in [1.165, 1.54) is 6.42 Å². The summed E-state index contributed by atoms with van der Waals surface area (Å²) in [5, 5.41) is 3.12. The van der Waals surface area contributed by atoms with Crippen LogP contribution in [0.4, 0.5) is 0 Å². The predicted octanol–water partition coefficient (Wildman–Crippen LogP) is 3.40. The van der Waals surface area contributed by atoms with E-state index in [9.17, 15) is 4.79 Å². The average Bonchev–Trinajstić information content (AvgIpc) is 2.53. The fraction of sp³-hybridized carbons (Fsp3) is 0.632. The molecule has 0 saturated carbocycles. The number of hydrogen-bond acceptors (Lipinski definition) is 4. The van der Waals surface area contributed by atoms with Crippen LogP contribution in [0.25, 0.3) is 0 Å². The molecular weight excluding hydrogens is 431 g/mol. The summed E-state index contributed by atoms with van der Waals surface area (Å²) < 4.78 is 11.4. The van der Waals surface area contributed by atoms with Crippen molar-refractivity contribution in [1.82, 2.24) is 10.2 Å². The molecule has 0 bridgehead atoms. The van der Waals surface area contributed by atoms with E-state index >= 15 is 0 Å². The number of likely N-dealkylation sites (tertiary alicyclic amines) is 1. The molecule has 3 unspecified atom stereocenters. The highest BCUT2D eigenvalue weighted by molar-refractivity contribution is 14.1. The van der Waals surface area contributed by atoms with Crippen LogP contribution in [-0.4, -0.2) is 50.7 Å². The lowest BCUT2D eigenvalue weighted by molar-refractivity contribution is 0.0903. The second kappa shape index (κ2) is 9.07. The molecule has 140 valence electrons. The van der Waals surface area contributed by atoms with Gasteiger partial charge in [0.2, 0.25) is 0 Å². The largest absolute Gasteiger partial charge is 0.493 e. The smallest absolute Gasteiger partial charge is 0.252 e. The number of amides is 1. The fourth-order valence-corrected chi connectivity index (χ4v) is 4.39. The van der Waals surface area contributed by atoms with Gasteiger partial charge in [0.15, 0.2) is 11.5 Å². The third kappa shape index (κ3) is 5.48. The van der Waals surface area contributed by atoms with Crippen LogP contribution >= 0.6 is 22.6 Å². The topological polar surface area (TPSA) is 50.8 Å². The molecule has 1 aromatic rings. The summed E-state index contributed by atoms with van der Waals surface area (Å²) in [6.07, 6.45) is 1.29. The van der Waals surface area contributed by atoms with Gasteiger partial charge in [-0.2, -0.15) is 0 Å². The van der Waals surface area contributed by atoms with E-state index in [1.807, 2.05) is 6.07 Å². The second-order valence-corrected chi connectivity index (χ2v) is 8.39. The summed E-state index contributed by atoms with van der Waals surface area (Å²) in [7, 11) is 3.17. The molecule has 0 aromatic heterocycles. The second-order valence-electron chi connectivity index (χ2n) is 7.23. The van der Waals surface area contributed by atoms with Gasteiger partial charge in [0, 0.05) is 29.2 Å². The lowest BCUT2D eigenvalue weighted by Crippen LogP contribution is -2.47. The van der Waals surface area contributed by atoms with Gasteiger partial charge >= 0.3 is 0 Å². The highest BCUT2D eigenvalue weighted by atomic mass is 127. The van der Waals surface area contributed by atoms with Crippen LogP contribution < -0.4 is 14.8 Å². The van der Waals surface area contributed by atoms with Crippen LogP contribution in [0, 0.1) is 15.4 Å². The van der Waals surface area contributed by atoms with Gasteiger partial charge in [0.1, 0.15) is 0 Å². The van der Waals surface area contributed by atoms with Crippen LogP contribution in [-0.2, 0) is 0 Å². The first kappa shape index (κ1) is 20.3. The van der Waals surface area contributed by atoms with E-state index in [0.717, 1.165) is 35.0 Å². The van der Waals surface area contributed by atoms with E-state index in [-0.39, 0.29) is 11.9 Å². The zero-order valence-corrected chi connectivity index (χ0v) is 17.9. The van der Waals surface area contributed by atoms with Crippen molar-refractivity contribution in [3.63, 3.8) is 0 Å². The molecule has 1 N–H and O–H groups in total. The van der Waals surface area contributed by atoms with Gasteiger partial charge in [0.05, 0.1) is 19.8 Å². The number of nitrogens with one attached hydrogen (secondary N) is 1. The SMILES string of the molecule is COc1cc(I)c(C(=O)NC(C)CN2CC(C)CC(C)C2)cc1OC. The predicted molar refractivity (Wildman–Crippen MR) is 109 cm³/mol. The van der Waals surface area contributed by atoms with Crippen LogP contribution in [0.5, 0.6) is 11.5 Å². The Morgan fingerprint density at radius 2 is 1.80 bits per heavy atom. The minimum atomic E-state index is -0.0732. The van der Waals surface area contributed by atoms with Crippen LogP contribution in [0.15, 0.2) is 12.1 Å². The van der Waals surface area contributed by atoms with Crippen molar-refractivity contribution in [3.8, 4) is 11.5 Å². The summed E-state index contributed by atoms with van der Waals surface area (Å²) >= 11 is 2.16. The summed E-state index contributed by atoms with van der Waals surface area (Å²) in [6.45, 7) is 9.77. The lowest BCUT2D eigenvalue weighted by Gasteiger charge is -2.36. The van der Waals surface area contributed by atoms with Gasteiger partial charge < -0.3 is 19.7 Å². The molecule has 0 radical (unpaired) electrons. The fourth-order valence-electron chi connectivity index (χ4n) is 3.70. The summed E-state index contributed by atoms with van der Waals surface area (Å²) in [5.41, 5.74) is 0.616. The van der Waals surface area contributed by atoms with E-state index in [0.29, 0.717) is 17.1 Å². The van der Waals surface area contributed by atoms with Gasteiger partial charge in [-0.25, -0.2) is 0 Å². The molecule has 1 aliphatic rings. The quantitative estimate of drug-likeness (QED) is 0.662. The van der Waals surface area contributed by atoms with Gasteiger partial charge in [0.25, 0.3) is 5.91 Å². The van der Waals surface area contributed by atoms with E-state index in [1.54, 1.807) is 20.3 Å².